The van der Waals surface area contributed by atoms with E-state index in [-0.39, 0.29) is 5.63 Å². The number of likely N-dealkylation sites (N-methyl/N-ethyl adjacent to an activating group) is 1. The molecule has 0 radical (unpaired) electrons. The van der Waals surface area contributed by atoms with Crippen LogP contribution in [0.4, 0.5) is 6.01 Å². The van der Waals surface area contributed by atoms with E-state index in [2.05, 4.69) is 9.88 Å². The molecule has 22 heavy (non-hydrogen) atoms. The molecule has 0 atom stereocenters. The largest absolute Gasteiger partial charge is 0.389 e. The monoisotopic (exact) mass is 303 g/mol. The predicted molar refractivity (Wildman–Crippen MR) is 85.5 cm³/mol. The van der Waals surface area contributed by atoms with Gasteiger partial charge in [0.05, 0.1) is 24.1 Å². The maximum atomic E-state index is 12.2. The van der Waals surface area contributed by atoms with Crippen LogP contribution in [0, 0.1) is 6.92 Å². The first-order valence-electron chi connectivity index (χ1n) is 7.57. The summed E-state index contributed by atoms with van der Waals surface area (Å²) in [6.45, 7) is 7.01. The molecule has 1 aromatic carbocycles. The molecular weight excluding hydrogens is 282 g/mol. The lowest BCUT2D eigenvalue weighted by Gasteiger charge is -2.28. The van der Waals surface area contributed by atoms with Crippen LogP contribution >= 0.6 is 0 Å². The van der Waals surface area contributed by atoms with Gasteiger partial charge in [0.1, 0.15) is 0 Å². The van der Waals surface area contributed by atoms with E-state index in [1.807, 2.05) is 37.1 Å². The van der Waals surface area contributed by atoms with Gasteiger partial charge in [-0.05, 0) is 18.6 Å². The van der Waals surface area contributed by atoms with Gasteiger partial charge in [-0.1, -0.05) is 12.1 Å². The number of ether oxygens (including phenoxy) is 1. The first-order chi connectivity index (χ1) is 10.6. The third-order valence-electron chi connectivity index (χ3n) is 4.04. The Kier molecular flexibility index (Phi) is 4.40. The zero-order valence-corrected chi connectivity index (χ0v) is 13.0. The van der Waals surface area contributed by atoms with Gasteiger partial charge in [-0.15, -0.1) is 0 Å². The quantitative estimate of drug-likeness (QED) is 0.847. The molecule has 0 unspecified atom stereocenters. The predicted octanol–water partition coefficient (Wildman–Crippen LogP) is 1.26. The van der Waals surface area contributed by atoms with Gasteiger partial charge in [0.15, 0.2) is 0 Å². The number of benzene rings is 1. The van der Waals surface area contributed by atoms with E-state index in [0.717, 1.165) is 45.0 Å². The van der Waals surface area contributed by atoms with Crippen LogP contribution in [-0.4, -0.2) is 56.3 Å². The number of anilines is 1. The molecule has 0 N–H and O–H groups in total. The van der Waals surface area contributed by atoms with E-state index in [9.17, 15) is 4.79 Å². The van der Waals surface area contributed by atoms with Crippen molar-refractivity contribution in [1.82, 2.24) is 9.88 Å². The summed E-state index contributed by atoms with van der Waals surface area (Å²) in [7, 11) is 1.90. The van der Waals surface area contributed by atoms with Crippen LogP contribution < -0.4 is 10.5 Å². The number of hydrogen-bond donors (Lipinski definition) is 0. The first kappa shape index (κ1) is 15.0. The Morgan fingerprint density at radius 1 is 1.32 bits per heavy atom. The zero-order chi connectivity index (χ0) is 15.5. The van der Waals surface area contributed by atoms with Crippen molar-refractivity contribution in [1.29, 1.82) is 0 Å². The third kappa shape index (κ3) is 3.13. The van der Waals surface area contributed by atoms with Crippen molar-refractivity contribution in [2.45, 2.75) is 6.92 Å². The van der Waals surface area contributed by atoms with Gasteiger partial charge in [-0.2, -0.15) is 4.98 Å². The molecule has 1 aliphatic rings. The lowest BCUT2D eigenvalue weighted by molar-refractivity contribution is 0.0392. The normalized spacial score (nSPS) is 16.1. The number of hydrogen-bond acceptors (Lipinski definition) is 6. The van der Waals surface area contributed by atoms with Gasteiger partial charge >= 0.3 is 11.6 Å². The van der Waals surface area contributed by atoms with Crippen LogP contribution in [0.25, 0.3) is 10.9 Å². The molecule has 0 aliphatic carbocycles. The number of morpholine rings is 1. The molecule has 6 heteroatoms. The summed E-state index contributed by atoms with van der Waals surface area (Å²) in [6, 6.07) is 6.01. The minimum absolute atomic E-state index is 0.323. The molecule has 3 rings (SSSR count). The molecule has 1 aliphatic heterocycles. The van der Waals surface area contributed by atoms with Crippen molar-refractivity contribution in [3.05, 3.63) is 34.2 Å². The molecule has 118 valence electrons. The minimum atomic E-state index is -0.323. The minimum Gasteiger partial charge on any atom is -0.389 e. The second-order valence-electron chi connectivity index (χ2n) is 5.63. The molecule has 0 bridgehead atoms. The fourth-order valence-corrected chi connectivity index (χ4v) is 2.65. The Balaban J connectivity index is 1.76. The summed E-state index contributed by atoms with van der Waals surface area (Å²) >= 11 is 0. The highest BCUT2D eigenvalue weighted by Crippen LogP contribution is 2.16. The van der Waals surface area contributed by atoms with E-state index in [0.29, 0.717) is 16.9 Å². The van der Waals surface area contributed by atoms with Crippen LogP contribution in [0.1, 0.15) is 5.56 Å². The molecule has 1 saturated heterocycles. The van der Waals surface area contributed by atoms with Gasteiger partial charge in [-0.25, -0.2) is 4.79 Å². The Morgan fingerprint density at radius 2 is 2.09 bits per heavy atom. The number of nitrogens with zero attached hydrogens (tertiary/aromatic N) is 3. The van der Waals surface area contributed by atoms with E-state index < -0.39 is 0 Å². The summed E-state index contributed by atoms with van der Waals surface area (Å²) in [5.74, 6) is 0. The summed E-state index contributed by atoms with van der Waals surface area (Å²) in [4.78, 5) is 20.9. The number of aromatic nitrogens is 1. The molecule has 1 fully saturated rings. The maximum Gasteiger partial charge on any atom is 0.348 e. The Labute approximate surface area is 129 Å². The second-order valence-corrected chi connectivity index (χ2v) is 5.63. The maximum absolute atomic E-state index is 12.2. The molecule has 2 aromatic rings. The van der Waals surface area contributed by atoms with Gasteiger partial charge < -0.3 is 14.1 Å². The third-order valence-corrected chi connectivity index (χ3v) is 4.04. The van der Waals surface area contributed by atoms with Gasteiger partial charge in [0, 0.05) is 33.2 Å². The van der Waals surface area contributed by atoms with Gasteiger partial charge in [0.25, 0.3) is 0 Å². The smallest absolute Gasteiger partial charge is 0.348 e. The van der Waals surface area contributed by atoms with Crippen molar-refractivity contribution in [2.75, 3.05) is 51.3 Å². The summed E-state index contributed by atoms with van der Waals surface area (Å²) in [5, 5.41) is 0.563. The molecule has 0 amide bonds. The summed E-state index contributed by atoms with van der Waals surface area (Å²) in [6.07, 6.45) is 0. The van der Waals surface area contributed by atoms with Crippen LogP contribution in [0.15, 0.2) is 27.4 Å². The molecule has 6 nitrogen and oxygen atoms in total. The number of fused-ring (bicyclic) bond motifs is 1. The van der Waals surface area contributed by atoms with E-state index in [1.54, 1.807) is 0 Å². The lowest BCUT2D eigenvalue weighted by atomic mass is 10.1. The highest BCUT2D eigenvalue weighted by atomic mass is 16.5. The molecular formula is C16H21N3O3. The standard InChI is InChI=1S/C16H21N3O3/c1-12-4-3-5-13-14(12)15(20)22-16(17-13)18(2)6-7-19-8-10-21-11-9-19/h3-5H,6-11H2,1-2H3. The van der Waals surface area contributed by atoms with Crippen molar-refractivity contribution in [2.24, 2.45) is 0 Å². The Bertz CT molecular complexity index is 707. The fraction of sp³-hybridized carbons (Fsp3) is 0.500. The van der Waals surface area contributed by atoms with Crippen LogP contribution in [-0.2, 0) is 4.74 Å². The van der Waals surface area contributed by atoms with Crippen molar-refractivity contribution in [3.63, 3.8) is 0 Å². The number of aryl methyl sites for hydroxylation is 1. The molecule has 0 spiro atoms. The fourth-order valence-electron chi connectivity index (χ4n) is 2.65. The Hall–Kier alpha value is -1.92. The topological polar surface area (TPSA) is 58.8 Å². The molecule has 2 heterocycles. The lowest BCUT2D eigenvalue weighted by Crippen LogP contribution is -2.41. The van der Waals surface area contributed by atoms with E-state index in [1.165, 1.54) is 0 Å². The van der Waals surface area contributed by atoms with Crippen molar-refractivity contribution >= 4 is 16.9 Å². The summed E-state index contributed by atoms with van der Waals surface area (Å²) < 4.78 is 10.7. The van der Waals surface area contributed by atoms with E-state index >= 15 is 0 Å². The molecule has 1 aromatic heterocycles. The van der Waals surface area contributed by atoms with Crippen LogP contribution in [0.5, 0.6) is 0 Å². The second kappa shape index (κ2) is 6.46. The van der Waals surface area contributed by atoms with E-state index in [4.69, 9.17) is 9.15 Å². The van der Waals surface area contributed by atoms with Gasteiger partial charge in [-0.3, -0.25) is 4.90 Å². The van der Waals surface area contributed by atoms with Crippen molar-refractivity contribution < 1.29 is 9.15 Å². The first-order valence-corrected chi connectivity index (χ1v) is 7.57. The highest BCUT2D eigenvalue weighted by molar-refractivity contribution is 5.81. The van der Waals surface area contributed by atoms with Gasteiger partial charge in [0.2, 0.25) is 0 Å². The average molecular weight is 303 g/mol. The summed E-state index contributed by atoms with van der Waals surface area (Å²) in [5.41, 5.74) is 1.25. The van der Waals surface area contributed by atoms with Crippen LogP contribution in [0.3, 0.4) is 0 Å². The van der Waals surface area contributed by atoms with Crippen molar-refractivity contribution in [3.8, 4) is 0 Å². The highest BCUT2D eigenvalue weighted by Gasteiger charge is 2.14. The zero-order valence-electron chi connectivity index (χ0n) is 13.0. The average Bonchev–Trinajstić information content (AvgIpc) is 2.53. The number of rotatable bonds is 4. The SMILES string of the molecule is Cc1cccc2nc(N(C)CCN3CCOCC3)oc(=O)c12. The Morgan fingerprint density at radius 3 is 2.86 bits per heavy atom. The molecule has 0 saturated carbocycles. The van der Waals surface area contributed by atoms with Crippen LogP contribution in [0.2, 0.25) is 0 Å².